The molecule has 11 heteroatoms. The van der Waals surface area contributed by atoms with Crippen LogP contribution in [0.3, 0.4) is 0 Å². The number of benzene rings is 7. The van der Waals surface area contributed by atoms with Gasteiger partial charge < -0.3 is 4.57 Å². The normalized spacial score (nSPS) is 11.9. The summed E-state index contributed by atoms with van der Waals surface area (Å²) in [6, 6.07) is 47.5. The van der Waals surface area contributed by atoms with Gasteiger partial charge in [0.2, 0.25) is 0 Å². The quantitative estimate of drug-likeness (QED) is 0.157. The summed E-state index contributed by atoms with van der Waals surface area (Å²) >= 11 is 0. The summed E-state index contributed by atoms with van der Waals surface area (Å²) in [5, 5.41) is 11.5. The molecule has 9 aromatic rings. The third kappa shape index (κ3) is 6.84. The van der Waals surface area contributed by atoms with E-state index in [1.54, 1.807) is 18.2 Å². The Labute approximate surface area is 333 Å². The number of rotatable bonds is 6. The second-order valence-electron chi connectivity index (χ2n) is 13.8. The van der Waals surface area contributed by atoms with E-state index >= 15 is 0 Å². The van der Waals surface area contributed by atoms with Crippen LogP contribution in [0.5, 0.6) is 0 Å². The third-order valence-corrected chi connectivity index (χ3v) is 10.2. The average molecular weight is 788 g/mol. The van der Waals surface area contributed by atoms with Crippen LogP contribution in [0.1, 0.15) is 16.7 Å². The molecule has 7 aromatic carbocycles. The Morgan fingerprint density at radius 1 is 0.441 bits per heavy atom. The van der Waals surface area contributed by atoms with Crippen molar-refractivity contribution >= 4 is 21.8 Å². The molecule has 2 heterocycles. The summed E-state index contributed by atoms with van der Waals surface area (Å²) in [7, 11) is 0. The van der Waals surface area contributed by atoms with E-state index in [1.165, 1.54) is 12.1 Å². The lowest BCUT2D eigenvalue weighted by Gasteiger charge is -2.19. The van der Waals surface area contributed by atoms with Gasteiger partial charge in [0.1, 0.15) is 0 Å². The van der Waals surface area contributed by atoms with Crippen LogP contribution in [0.4, 0.5) is 26.3 Å². The number of fused-ring (bicyclic) bond motifs is 3. The highest BCUT2D eigenvalue weighted by Gasteiger charge is 2.38. The maximum atomic E-state index is 14.7. The topological polar surface area (TPSA) is 67.4 Å². The van der Waals surface area contributed by atoms with Gasteiger partial charge in [-0.3, -0.25) is 0 Å². The van der Waals surface area contributed by atoms with Gasteiger partial charge >= 0.3 is 12.4 Å². The minimum absolute atomic E-state index is 0.0240. The van der Waals surface area contributed by atoms with E-state index in [9.17, 15) is 31.6 Å². The van der Waals surface area contributed by atoms with Gasteiger partial charge in [0.25, 0.3) is 0 Å². The first-order valence-electron chi connectivity index (χ1n) is 18.3. The van der Waals surface area contributed by atoms with Gasteiger partial charge in [-0.05, 0) is 70.8 Å². The molecule has 0 aliphatic rings. The fraction of sp³-hybridized carbons (Fsp3) is 0.0417. The van der Waals surface area contributed by atoms with Crippen molar-refractivity contribution < 1.29 is 26.3 Å². The van der Waals surface area contributed by atoms with Gasteiger partial charge in [0.15, 0.2) is 17.5 Å². The van der Waals surface area contributed by atoms with Crippen molar-refractivity contribution in [2.45, 2.75) is 12.4 Å². The van der Waals surface area contributed by atoms with Crippen LogP contribution >= 0.6 is 0 Å². The predicted molar refractivity (Wildman–Crippen MR) is 216 cm³/mol. The zero-order valence-corrected chi connectivity index (χ0v) is 30.6. The van der Waals surface area contributed by atoms with Crippen LogP contribution in [0, 0.1) is 11.3 Å². The van der Waals surface area contributed by atoms with Gasteiger partial charge in [-0.15, -0.1) is 0 Å². The molecule has 2 aromatic heterocycles. The molecule has 286 valence electrons. The number of nitrogens with zero attached hydrogens (tertiary/aromatic N) is 5. The molecule has 0 unspecified atom stereocenters. The van der Waals surface area contributed by atoms with Gasteiger partial charge in [-0.2, -0.15) is 31.6 Å². The molecule has 0 radical (unpaired) electrons. The molecular formula is C48H27F6N5. The first-order chi connectivity index (χ1) is 28.5. The van der Waals surface area contributed by atoms with Crippen molar-refractivity contribution in [3.05, 3.63) is 180 Å². The number of alkyl halides is 6. The lowest BCUT2D eigenvalue weighted by molar-refractivity contribution is -0.142. The molecule has 0 saturated heterocycles. The van der Waals surface area contributed by atoms with Crippen molar-refractivity contribution in [2.75, 3.05) is 0 Å². The molecule has 59 heavy (non-hydrogen) atoms. The largest absolute Gasteiger partial charge is 0.417 e. The van der Waals surface area contributed by atoms with Gasteiger partial charge in [-0.25, -0.2) is 15.0 Å². The van der Waals surface area contributed by atoms with Crippen molar-refractivity contribution in [2.24, 2.45) is 0 Å². The third-order valence-electron chi connectivity index (χ3n) is 10.2. The first kappa shape index (κ1) is 37.0. The number of halogens is 6. The Kier molecular flexibility index (Phi) is 9.05. The van der Waals surface area contributed by atoms with E-state index in [4.69, 9.17) is 15.0 Å². The Morgan fingerprint density at radius 2 is 1.00 bits per heavy atom. The smallest absolute Gasteiger partial charge is 0.308 e. The second-order valence-corrected chi connectivity index (χ2v) is 13.8. The summed E-state index contributed by atoms with van der Waals surface area (Å²) in [6.45, 7) is 0. The van der Waals surface area contributed by atoms with Crippen LogP contribution < -0.4 is 0 Å². The summed E-state index contributed by atoms with van der Waals surface area (Å²) in [5.41, 5.74) is 2.32. The fourth-order valence-electron chi connectivity index (χ4n) is 7.44. The number of aromatic nitrogens is 4. The number of para-hydroxylation sites is 1. The van der Waals surface area contributed by atoms with Crippen LogP contribution in [-0.4, -0.2) is 19.5 Å². The number of hydrogen-bond donors (Lipinski definition) is 0. The van der Waals surface area contributed by atoms with Gasteiger partial charge in [-0.1, -0.05) is 115 Å². The predicted octanol–water partition coefficient (Wildman–Crippen LogP) is 13.2. The minimum Gasteiger partial charge on any atom is -0.308 e. The van der Waals surface area contributed by atoms with Crippen LogP contribution in [0.15, 0.2) is 164 Å². The highest BCUT2D eigenvalue weighted by molar-refractivity contribution is 6.11. The zero-order chi connectivity index (χ0) is 40.9. The monoisotopic (exact) mass is 787 g/mol. The summed E-state index contributed by atoms with van der Waals surface area (Å²) in [5.74, 6) is 0.928. The molecular weight excluding hydrogens is 761 g/mol. The number of nitriles is 1. The minimum atomic E-state index is -5.11. The van der Waals surface area contributed by atoms with Crippen molar-refractivity contribution in [3.8, 4) is 68.2 Å². The molecule has 0 fully saturated rings. The molecule has 5 nitrogen and oxygen atoms in total. The summed E-state index contributed by atoms with van der Waals surface area (Å²) in [4.78, 5) is 14.7. The van der Waals surface area contributed by atoms with Crippen LogP contribution in [0.2, 0.25) is 0 Å². The molecule has 9 rings (SSSR count). The summed E-state index contributed by atoms with van der Waals surface area (Å²) in [6.07, 6.45) is -10.1. The van der Waals surface area contributed by atoms with E-state index < -0.39 is 29.0 Å². The van der Waals surface area contributed by atoms with Crippen LogP contribution in [-0.2, 0) is 12.4 Å². The average Bonchev–Trinajstić information content (AvgIpc) is 3.59. The Morgan fingerprint density at radius 3 is 1.66 bits per heavy atom. The van der Waals surface area contributed by atoms with Gasteiger partial charge in [0, 0.05) is 27.5 Å². The maximum Gasteiger partial charge on any atom is 0.417 e. The highest BCUT2D eigenvalue weighted by Crippen LogP contribution is 2.44. The van der Waals surface area contributed by atoms with E-state index in [-0.39, 0.29) is 17.5 Å². The molecule has 0 N–H and O–H groups in total. The second kappa shape index (κ2) is 14.4. The molecule has 0 saturated carbocycles. The standard InChI is InChI=1S/C48H27F6N5/c49-47(50,51)34-21-23-36(40(27-34)48(52,53)54)32-19-22-38(46-57-44(29-11-3-1-4-12-29)56-45(58-46)30-13-5-2-6-14-30)43(26-32)59-41-18-10-9-17-37(41)39-25-31(20-24-42(39)59)35-16-8-7-15-33(35)28-55/h1-27H. The molecule has 0 atom stereocenters. The van der Waals surface area contributed by atoms with E-state index in [2.05, 4.69) is 6.07 Å². The lowest BCUT2D eigenvalue weighted by Crippen LogP contribution is -2.12. The molecule has 0 aliphatic heterocycles. The Hall–Kier alpha value is -7.58. The van der Waals surface area contributed by atoms with Crippen molar-refractivity contribution in [1.29, 1.82) is 5.26 Å². The Balaban J connectivity index is 1.36. The maximum absolute atomic E-state index is 14.7. The summed E-state index contributed by atoms with van der Waals surface area (Å²) < 4.78 is 87.2. The van der Waals surface area contributed by atoms with E-state index in [1.807, 2.05) is 120 Å². The lowest BCUT2D eigenvalue weighted by atomic mass is 9.95. The van der Waals surface area contributed by atoms with Crippen LogP contribution in [0.25, 0.3) is 83.9 Å². The SMILES string of the molecule is N#Cc1ccccc1-c1ccc2c(c1)c1ccccc1n2-c1cc(-c2ccc(C(F)(F)F)cc2C(F)(F)F)ccc1-c1nc(-c2ccccc2)nc(-c2ccccc2)n1. The van der Waals surface area contributed by atoms with E-state index in [0.717, 1.165) is 28.0 Å². The number of hydrogen-bond acceptors (Lipinski definition) is 4. The fourth-order valence-corrected chi connectivity index (χ4v) is 7.44. The first-order valence-corrected chi connectivity index (χ1v) is 18.3. The molecule has 0 amide bonds. The van der Waals surface area contributed by atoms with E-state index in [0.29, 0.717) is 56.7 Å². The van der Waals surface area contributed by atoms with Gasteiger partial charge in [0.05, 0.1) is 39.5 Å². The molecule has 0 spiro atoms. The van der Waals surface area contributed by atoms with Crippen molar-refractivity contribution in [1.82, 2.24) is 19.5 Å². The Bertz CT molecular complexity index is 3030. The molecule has 0 aliphatic carbocycles. The van der Waals surface area contributed by atoms with Crippen molar-refractivity contribution in [3.63, 3.8) is 0 Å². The highest BCUT2D eigenvalue weighted by atomic mass is 19.4. The zero-order valence-electron chi connectivity index (χ0n) is 30.6. The molecule has 0 bridgehead atoms.